The predicted molar refractivity (Wildman–Crippen MR) is 115 cm³/mol. The van der Waals surface area contributed by atoms with Crippen molar-refractivity contribution in [2.45, 2.75) is 25.7 Å². The van der Waals surface area contributed by atoms with Gasteiger partial charge in [0, 0.05) is 57.2 Å². The molecule has 3 nitrogen and oxygen atoms in total. The molecule has 0 aromatic heterocycles. The van der Waals surface area contributed by atoms with Crippen molar-refractivity contribution in [3.05, 3.63) is 103 Å². The molecule has 3 aromatic rings. The van der Waals surface area contributed by atoms with E-state index in [-0.39, 0.29) is 44.5 Å². The fourth-order valence-corrected chi connectivity index (χ4v) is 3.53. The summed E-state index contributed by atoms with van der Waals surface area (Å²) in [5.41, 5.74) is 3.80. The molecule has 0 aliphatic carbocycles. The van der Waals surface area contributed by atoms with Crippen LogP contribution in [0.3, 0.4) is 0 Å². The average Bonchev–Trinajstić information content (AvgIpc) is 2.81. The van der Waals surface area contributed by atoms with Crippen LogP contribution in [0.5, 0.6) is 11.5 Å². The van der Waals surface area contributed by atoms with Crippen molar-refractivity contribution in [1.29, 1.82) is 0 Å². The maximum absolute atomic E-state index is 7.00. The topological polar surface area (TPSA) is 38.7 Å². The Morgan fingerprint density at radius 2 is 1.41 bits per heavy atom. The zero-order chi connectivity index (χ0) is 20.4. The molecular weight excluding hydrogens is 437 g/mol. The van der Waals surface area contributed by atoms with Crippen molar-refractivity contribution in [3.63, 3.8) is 0 Å². The third-order valence-corrected chi connectivity index (χ3v) is 4.71. The van der Waals surface area contributed by atoms with Gasteiger partial charge in [0.05, 0.1) is 12.4 Å². The van der Waals surface area contributed by atoms with Gasteiger partial charge in [-0.05, 0) is 29.3 Å². The van der Waals surface area contributed by atoms with Gasteiger partial charge in [0.15, 0.2) is 0 Å². The van der Waals surface area contributed by atoms with Gasteiger partial charge in [-0.25, -0.2) is 0 Å². The number of hydrogen-bond acceptors (Lipinski definition) is 3. The normalized spacial score (nSPS) is 16.3. The number of para-hydroxylation sites is 1. The Labute approximate surface area is 200 Å². The zero-order valence-corrected chi connectivity index (χ0v) is 20.3. The molecule has 1 radical (unpaired) electrons. The number of rotatable bonds is 3. The van der Waals surface area contributed by atoms with Gasteiger partial charge in [-0.15, -0.1) is 0 Å². The SMILES string of the molecule is CC.CO.[CH2-]Oc1ccc(C2c3ccccc3OCC2c2ccccc2)cc1.[Y]. The zero-order valence-electron chi connectivity index (χ0n) is 17.4. The Morgan fingerprint density at radius 3 is 2.03 bits per heavy atom. The van der Waals surface area contributed by atoms with Gasteiger partial charge in [-0.1, -0.05) is 74.5 Å². The first kappa shape index (κ1) is 25.4. The number of hydrogen-bond donors (Lipinski definition) is 1. The van der Waals surface area contributed by atoms with E-state index in [9.17, 15) is 0 Å². The van der Waals surface area contributed by atoms with Gasteiger partial charge < -0.3 is 14.6 Å². The maximum Gasteiger partial charge on any atom is 0.123 e. The summed E-state index contributed by atoms with van der Waals surface area (Å²) in [7, 11) is 4.48. The second kappa shape index (κ2) is 13.5. The molecule has 0 fully saturated rings. The molecule has 3 aromatic carbocycles. The maximum atomic E-state index is 7.00. The fourth-order valence-electron chi connectivity index (χ4n) is 3.53. The van der Waals surface area contributed by atoms with E-state index in [1.54, 1.807) is 0 Å². The Balaban J connectivity index is 0.000000794. The monoisotopic (exact) mass is 466 g/mol. The molecule has 2 unspecified atom stereocenters. The Morgan fingerprint density at radius 1 is 0.828 bits per heavy atom. The van der Waals surface area contributed by atoms with Crippen LogP contribution in [0.1, 0.15) is 42.4 Å². The summed E-state index contributed by atoms with van der Waals surface area (Å²) in [6, 6.07) is 27.1. The van der Waals surface area contributed by atoms with Crippen LogP contribution in [-0.4, -0.2) is 18.8 Å². The number of ether oxygens (including phenoxy) is 2. The van der Waals surface area contributed by atoms with E-state index in [1.807, 2.05) is 32.0 Å². The van der Waals surface area contributed by atoms with E-state index >= 15 is 0 Å². The molecular formula is C25H29O3Y-. The van der Waals surface area contributed by atoms with E-state index in [4.69, 9.17) is 14.6 Å². The molecule has 1 N–H and O–H groups in total. The van der Waals surface area contributed by atoms with Crippen LogP contribution < -0.4 is 9.47 Å². The van der Waals surface area contributed by atoms with Gasteiger partial charge >= 0.3 is 0 Å². The van der Waals surface area contributed by atoms with Crippen LogP contribution in [-0.2, 0) is 32.7 Å². The minimum Gasteiger partial charge on any atom is -0.665 e. The van der Waals surface area contributed by atoms with Crippen molar-refractivity contribution in [1.82, 2.24) is 0 Å². The molecule has 0 amide bonds. The van der Waals surface area contributed by atoms with Crippen molar-refractivity contribution < 1.29 is 47.3 Å². The fraction of sp³-hybridized carbons (Fsp3) is 0.240. The van der Waals surface area contributed by atoms with Crippen LogP contribution in [0.25, 0.3) is 0 Å². The quantitative estimate of drug-likeness (QED) is 0.496. The predicted octanol–water partition coefficient (Wildman–Crippen LogP) is 5.80. The number of fused-ring (bicyclic) bond motifs is 1. The summed E-state index contributed by atoms with van der Waals surface area (Å²) < 4.78 is 11.1. The molecule has 2 atom stereocenters. The Bertz CT molecular complexity index is 819. The number of benzene rings is 3. The molecule has 0 saturated heterocycles. The van der Waals surface area contributed by atoms with E-state index < -0.39 is 0 Å². The van der Waals surface area contributed by atoms with E-state index in [2.05, 4.69) is 67.8 Å². The van der Waals surface area contributed by atoms with Crippen LogP contribution in [0, 0.1) is 7.11 Å². The van der Waals surface area contributed by atoms with Crippen LogP contribution in [0.2, 0.25) is 0 Å². The molecule has 1 aliphatic rings. The van der Waals surface area contributed by atoms with Gasteiger partial charge in [0.2, 0.25) is 0 Å². The van der Waals surface area contributed by atoms with Crippen molar-refractivity contribution >= 4 is 0 Å². The second-order valence-corrected chi connectivity index (χ2v) is 6.06. The molecule has 0 saturated carbocycles. The third-order valence-electron chi connectivity index (χ3n) is 4.71. The van der Waals surface area contributed by atoms with Gasteiger partial charge in [-0.2, -0.15) is 7.11 Å². The molecule has 29 heavy (non-hydrogen) atoms. The molecule has 151 valence electrons. The molecule has 0 spiro atoms. The van der Waals surface area contributed by atoms with Gasteiger partial charge in [0.1, 0.15) is 5.75 Å². The Kier molecular flexibility index (Phi) is 11.8. The molecule has 4 rings (SSSR count). The first-order valence-electron chi connectivity index (χ1n) is 9.60. The van der Waals surface area contributed by atoms with Gasteiger partial charge in [0.25, 0.3) is 0 Å². The third kappa shape index (κ3) is 6.15. The molecule has 0 bridgehead atoms. The first-order chi connectivity index (χ1) is 13.9. The van der Waals surface area contributed by atoms with E-state index in [1.165, 1.54) is 16.7 Å². The minimum atomic E-state index is 0. The standard InChI is InChI=1S/C22H19O2.C2H6.CH4O.Y/c1-23-18-13-11-17(12-14-18)22-19-9-5-6-10-21(19)24-15-20(22)16-7-3-2-4-8-16;2*1-2;/h2-14,20,22H,1,15H2;1-2H3;2H,1H3;/q-1;;;. The molecule has 4 heteroatoms. The summed E-state index contributed by atoms with van der Waals surface area (Å²) in [5.74, 6) is 2.30. The summed E-state index contributed by atoms with van der Waals surface area (Å²) >= 11 is 0. The summed E-state index contributed by atoms with van der Waals surface area (Å²) in [6.07, 6.45) is 0. The van der Waals surface area contributed by atoms with Crippen molar-refractivity contribution in [2.75, 3.05) is 13.7 Å². The second-order valence-electron chi connectivity index (χ2n) is 6.06. The van der Waals surface area contributed by atoms with Crippen molar-refractivity contribution in [3.8, 4) is 11.5 Å². The van der Waals surface area contributed by atoms with Crippen LogP contribution in [0.15, 0.2) is 78.9 Å². The summed E-state index contributed by atoms with van der Waals surface area (Å²) in [4.78, 5) is 0. The summed E-state index contributed by atoms with van der Waals surface area (Å²) in [6.45, 7) is 4.68. The van der Waals surface area contributed by atoms with Crippen LogP contribution in [0.4, 0.5) is 0 Å². The van der Waals surface area contributed by atoms with Crippen LogP contribution >= 0.6 is 0 Å². The minimum absolute atomic E-state index is 0. The average molecular weight is 466 g/mol. The van der Waals surface area contributed by atoms with E-state index in [0.717, 1.165) is 18.6 Å². The van der Waals surface area contributed by atoms with Crippen molar-refractivity contribution in [2.24, 2.45) is 0 Å². The smallest absolute Gasteiger partial charge is 0.123 e. The summed E-state index contributed by atoms with van der Waals surface area (Å²) in [5, 5.41) is 7.00. The first-order valence-corrected chi connectivity index (χ1v) is 9.60. The Hall–Kier alpha value is -1.68. The molecule has 1 aliphatic heterocycles. The van der Waals surface area contributed by atoms with Gasteiger partial charge in [-0.3, -0.25) is 0 Å². The largest absolute Gasteiger partial charge is 0.665 e. The number of aliphatic hydroxyl groups excluding tert-OH is 1. The number of aliphatic hydroxyl groups is 1. The molecule has 1 heterocycles. The van der Waals surface area contributed by atoms with E-state index in [0.29, 0.717) is 6.61 Å².